The average molecular weight is 385 g/mol. The number of likely N-dealkylation sites (tertiary alicyclic amines) is 1. The van der Waals surface area contributed by atoms with E-state index in [0.29, 0.717) is 36.1 Å². The molecule has 150 valence electrons. The van der Waals surface area contributed by atoms with Gasteiger partial charge in [-0.15, -0.1) is 12.4 Å². The van der Waals surface area contributed by atoms with Gasteiger partial charge in [0.05, 0.1) is 12.2 Å². The van der Waals surface area contributed by atoms with E-state index >= 15 is 0 Å². The summed E-state index contributed by atoms with van der Waals surface area (Å²) in [5.41, 5.74) is 0. The molecule has 0 aromatic carbocycles. The molecule has 1 aliphatic carbocycles. The van der Waals surface area contributed by atoms with Gasteiger partial charge in [0.25, 0.3) is 0 Å². The topological polar surface area (TPSA) is 41.6 Å². The third-order valence-electron chi connectivity index (χ3n) is 7.18. The molecule has 4 rings (SSSR count). The van der Waals surface area contributed by atoms with Gasteiger partial charge < -0.3 is 15.0 Å². The van der Waals surface area contributed by atoms with Crippen LogP contribution in [0.5, 0.6) is 0 Å². The second-order valence-electron chi connectivity index (χ2n) is 9.28. The maximum absolute atomic E-state index is 12.7. The first-order valence-corrected chi connectivity index (χ1v) is 10.8. The summed E-state index contributed by atoms with van der Waals surface area (Å²) in [6, 6.07) is 1.38. The van der Waals surface area contributed by atoms with Gasteiger partial charge >= 0.3 is 0 Å². The minimum atomic E-state index is 0. The number of hydrogen-bond acceptors (Lipinski definition) is 3. The highest BCUT2D eigenvalue weighted by Crippen LogP contribution is 2.33. The van der Waals surface area contributed by atoms with Crippen LogP contribution in [0.2, 0.25) is 0 Å². The molecule has 0 spiro atoms. The standard InChI is InChI=1S/C21H36N2O2.ClH/c1-15-2-6-19(7-3-15)25-20-8-10-23(11-9-20)21(24)14-16-12-17-4-5-18(13-16)22-17;/h15-20,22H,2-14H2,1H3;1H. The lowest BCUT2D eigenvalue weighted by Crippen LogP contribution is -2.44. The molecular formula is C21H37ClN2O2. The molecule has 1 amide bonds. The van der Waals surface area contributed by atoms with E-state index in [-0.39, 0.29) is 12.4 Å². The monoisotopic (exact) mass is 384 g/mol. The second kappa shape index (κ2) is 9.25. The molecule has 4 aliphatic rings. The van der Waals surface area contributed by atoms with E-state index in [1.807, 2.05) is 0 Å². The quantitative estimate of drug-likeness (QED) is 0.798. The van der Waals surface area contributed by atoms with Gasteiger partial charge in [-0.05, 0) is 76.0 Å². The van der Waals surface area contributed by atoms with Gasteiger partial charge in [-0.25, -0.2) is 0 Å². The Labute approximate surface area is 165 Å². The van der Waals surface area contributed by atoms with Crippen LogP contribution in [-0.2, 0) is 9.53 Å². The van der Waals surface area contributed by atoms with Crippen molar-refractivity contribution in [3.63, 3.8) is 0 Å². The first-order chi connectivity index (χ1) is 12.2. The smallest absolute Gasteiger partial charge is 0.222 e. The van der Waals surface area contributed by atoms with Crippen molar-refractivity contribution in [1.82, 2.24) is 10.2 Å². The molecule has 4 fully saturated rings. The Hall–Kier alpha value is -0.320. The molecule has 5 heteroatoms. The largest absolute Gasteiger partial charge is 0.375 e. The molecule has 4 nitrogen and oxygen atoms in total. The number of nitrogens with zero attached hydrogens (tertiary/aromatic N) is 1. The van der Waals surface area contributed by atoms with Crippen molar-refractivity contribution in [2.45, 2.75) is 102 Å². The van der Waals surface area contributed by atoms with Crippen LogP contribution in [0.25, 0.3) is 0 Å². The summed E-state index contributed by atoms with van der Waals surface area (Å²) in [7, 11) is 0. The minimum Gasteiger partial charge on any atom is -0.375 e. The molecule has 26 heavy (non-hydrogen) atoms. The van der Waals surface area contributed by atoms with Crippen molar-refractivity contribution in [2.75, 3.05) is 13.1 Å². The molecule has 0 aromatic heterocycles. The van der Waals surface area contributed by atoms with E-state index < -0.39 is 0 Å². The Balaban J connectivity index is 0.00000196. The van der Waals surface area contributed by atoms with Gasteiger partial charge in [-0.2, -0.15) is 0 Å². The molecule has 0 aromatic rings. The molecule has 2 unspecified atom stereocenters. The first-order valence-electron chi connectivity index (χ1n) is 10.8. The first kappa shape index (κ1) is 20.4. The van der Waals surface area contributed by atoms with E-state index in [2.05, 4.69) is 17.1 Å². The SMILES string of the molecule is CC1CCC(OC2CCN(C(=O)CC3CC4CCC(C3)N4)CC2)CC1.Cl. The summed E-state index contributed by atoms with van der Waals surface area (Å²) in [6.45, 7) is 4.17. The van der Waals surface area contributed by atoms with Crippen molar-refractivity contribution in [3.05, 3.63) is 0 Å². The van der Waals surface area contributed by atoms with E-state index in [1.54, 1.807) is 0 Å². The van der Waals surface area contributed by atoms with Gasteiger partial charge in [-0.3, -0.25) is 4.79 Å². The zero-order valence-electron chi connectivity index (χ0n) is 16.3. The zero-order chi connectivity index (χ0) is 17.2. The summed E-state index contributed by atoms with van der Waals surface area (Å²) < 4.78 is 6.35. The van der Waals surface area contributed by atoms with E-state index in [1.165, 1.54) is 51.4 Å². The van der Waals surface area contributed by atoms with Crippen molar-refractivity contribution in [2.24, 2.45) is 11.8 Å². The van der Waals surface area contributed by atoms with Gasteiger partial charge in [0.15, 0.2) is 0 Å². The lowest BCUT2D eigenvalue weighted by atomic mass is 9.88. The van der Waals surface area contributed by atoms with Gasteiger partial charge in [0.2, 0.25) is 5.91 Å². The number of fused-ring (bicyclic) bond motifs is 2. The number of amides is 1. The number of nitrogens with one attached hydrogen (secondary N) is 1. The Morgan fingerprint density at radius 1 is 0.923 bits per heavy atom. The van der Waals surface area contributed by atoms with Crippen LogP contribution in [0.4, 0.5) is 0 Å². The molecule has 3 heterocycles. The van der Waals surface area contributed by atoms with Crippen LogP contribution >= 0.6 is 12.4 Å². The summed E-state index contributed by atoms with van der Waals surface area (Å²) >= 11 is 0. The van der Waals surface area contributed by atoms with E-state index in [9.17, 15) is 4.79 Å². The maximum Gasteiger partial charge on any atom is 0.222 e. The summed E-state index contributed by atoms with van der Waals surface area (Å²) in [5, 5.41) is 3.68. The molecule has 1 N–H and O–H groups in total. The summed E-state index contributed by atoms with van der Waals surface area (Å²) in [5.74, 6) is 1.89. The van der Waals surface area contributed by atoms with Crippen molar-refractivity contribution in [1.29, 1.82) is 0 Å². The lowest BCUT2D eigenvalue weighted by molar-refractivity contribution is -0.136. The third-order valence-corrected chi connectivity index (χ3v) is 7.18. The van der Waals surface area contributed by atoms with Crippen LogP contribution in [0.3, 0.4) is 0 Å². The molecule has 2 atom stereocenters. The third kappa shape index (κ3) is 5.14. The average Bonchev–Trinajstić information content (AvgIpc) is 2.96. The predicted octanol–water partition coefficient (Wildman–Crippen LogP) is 3.92. The predicted molar refractivity (Wildman–Crippen MR) is 107 cm³/mol. The molecule has 0 radical (unpaired) electrons. The number of hydrogen-bond donors (Lipinski definition) is 1. The lowest BCUT2D eigenvalue weighted by Gasteiger charge is -2.36. The number of rotatable bonds is 4. The number of piperidine rings is 2. The maximum atomic E-state index is 12.7. The highest BCUT2D eigenvalue weighted by Gasteiger charge is 2.35. The fourth-order valence-corrected chi connectivity index (χ4v) is 5.60. The normalized spacial score (nSPS) is 38.0. The van der Waals surface area contributed by atoms with Gasteiger partial charge in [-0.1, -0.05) is 6.92 Å². The van der Waals surface area contributed by atoms with Crippen LogP contribution < -0.4 is 5.32 Å². The molecule has 1 saturated carbocycles. The Morgan fingerprint density at radius 2 is 1.50 bits per heavy atom. The summed E-state index contributed by atoms with van der Waals surface area (Å²) in [4.78, 5) is 14.8. The van der Waals surface area contributed by atoms with Crippen LogP contribution in [-0.4, -0.2) is 48.2 Å². The molecule has 3 aliphatic heterocycles. The van der Waals surface area contributed by atoms with Crippen LogP contribution in [0.1, 0.15) is 77.6 Å². The van der Waals surface area contributed by atoms with Crippen molar-refractivity contribution < 1.29 is 9.53 Å². The van der Waals surface area contributed by atoms with Crippen LogP contribution in [0, 0.1) is 11.8 Å². The van der Waals surface area contributed by atoms with E-state index in [0.717, 1.165) is 38.3 Å². The number of carbonyl (C=O) groups excluding carboxylic acids is 1. The fourth-order valence-electron chi connectivity index (χ4n) is 5.60. The highest BCUT2D eigenvalue weighted by molar-refractivity contribution is 5.85. The minimum absolute atomic E-state index is 0. The van der Waals surface area contributed by atoms with Gasteiger partial charge in [0, 0.05) is 31.6 Å². The van der Waals surface area contributed by atoms with Crippen molar-refractivity contribution in [3.8, 4) is 0 Å². The Morgan fingerprint density at radius 3 is 2.12 bits per heavy atom. The zero-order valence-corrected chi connectivity index (χ0v) is 17.1. The summed E-state index contributed by atoms with van der Waals surface area (Å²) in [6.07, 6.45) is 13.9. The van der Waals surface area contributed by atoms with Crippen LogP contribution in [0.15, 0.2) is 0 Å². The molecule has 2 bridgehead atoms. The fraction of sp³-hybridized carbons (Fsp3) is 0.952. The molecular weight excluding hydrogens is 348 g/mol. The highest BCUT2D eigenvalue weighted by atomic mass is 35.5. The second-order valence-corrected chi connectivity index (χ2v) is 9.28. The number of ether oxygens (including phenoxy) is 1. The Kier molecular flexibility index (Phi) is 7.26. The molecule has 3 saturated heterocycles. The Bertz CT molecular complexity index is 447. The number of halogens is 1. The van der Waals surface area contributed by atoms with Crippen molar-refractivity contribution >= 4 is 18.3 Å². The van der Waals surface area contributed by atoms with E-state index in [4.69, 9.17) is 4.74 Å². The number of carbonyl (C=O) groups is 1. The van der Waals surface area contributed by atoms with Gasteiger partial charge in [0.1, 0.15) is 0 Å².